The highest BCUT2D eigenvalue weighted by Gasteiger charge is 2.41. The first-order valence-electron chi connectivity index (χ1n) is 12.7. The van der Waals surface area contributed by atoms with Crippen molar-refractivity contribution in [2.45, 2.75) is 58.8 Å². The van der Waals surface area contributed by atoms with Crippen LogP contribution < -0.4 is 10.1 Å². The minimum atomic E-state index is -1.53. The van der Waals surface area contributed by atoms with E-state index >= 15 is 0 Å². The number of carbonyl (C=O) groups is 2. The Bertz CT molecular complexity index is 1380. The number of aliphatic hydroxyl groups is 1. The van der Waals surface area contributed by atoms with Crippen molar-refractivity contribution in [2.75, 3.05) is 13.2 Å². The molecule has 3 aromatic rings. The molecule has 0 aliphatic carbocycles. The minimum Gasteiger partial charge on any atom is -0.493 e. The van der Waals surface area contributed by atoms with E-state index in [0.29, 0.717) is 23.9 Å². The van der Waals surface area contributed by atoms with Crippen molar-refractivity contribution in [2.24, 2.45) is 10.9 Å². The molecule has 1 saturated heterocycles. The summed E-state index contributed by atoms with van der Waals surface area (Å²) in [5.74, 6) is 1.25. The van der Waals surface area contributed by atoms with Crippen LogP contribution in [0.1, 0.15) is 53.0 Å². The van der Waals surface area contributed by atoms with Gasteiger partial charge in [-0.15, -0.1) is 4.99 Å². The largest absolute Gasteiger partial charge is 0.493 e. The smallest absolute Gasteiger partial charge is 0.434 e. The van der Waals surface area contributed by atoms with Crippen LogP contribution in [0.4, 0.5) is 9.59 Å². The molecule has 208 valence electrons. The average Bonchev–Trinajstić information content (AvgIpc) is 3.47. The van der Waals surface area contributed by atoms with E-state index in [-0.39, 0.29) is 24.8 Å². The van der Waals surface area contributed by atoms with E-state index in [9.17, 15) is 19.8 Å². The van der Waals surface area contributed by atoms with Gasteiger partial charge in [-0.3, -0.25) is 5.32 Å². The number of carboxylic acid groups (broad SMARTS) is 1. The fourth-order valence-corrected chi connectivity index (χ4v) is 4.15. The van der Waals surface area contributed by atoms with Crippen LogP contribution in [-0.4, -0.2) is 68.3 Å². The summed E-state index contributed by atoms with van der Waals surface area (Å²) in [6.45, 7) is 10.0. The van der Waals surface area contributed by atoms with Crippen LogP contribution in [0, 0.1) is 5.92 Å². The molecule has 0 saturated carbocycles. The molecule has 0 radical (unpaired) electrons. The van der Waals surface area contributed by atoms with Gasteiger partial charge in [-0.1, -0.05) is 37.2 Å². The number of hydrogen-bond acceptors (Lipinski definition) is 8. The number of nitrogens with one attached hydrogen (secondary N) is 1. The van der Waals surface area contributed by atoms with Crippen LogP contribution in [0.15, 0.2) is 45.9 Å². The van der Waals surface area contributed by atoms with E-state index in [1.54, 1.807) is 20.8 Å². The lowest BCUT2D eigenvalue weighted by atomic mass is 10.1. The molecule has 1 aliphatic heterocycles. The lowest BCUT2D eigenvalue weighted by Crippen LogP contribution is -2.47. The molecule has 2 aromatic carbocycles. The maximum absolute atomic E-state index is 12.4. The van der Waals surface area contributed by atoms with Crippen molar-refractivity contribution in [1.82, 2.24) is 20.4 Å². The van der Waals surface area contributed by atoms with Gasteiger partial charge in [-0.05, 0) is 62.1 Å². The molecule has 1 aromatic heterocycles. The Labute approximate surface area is 225 Å². The fourth-order valence-electron chi connectivity index (χ4n) is 4.15. The Kier molecular flexibility index (Phi) is 8.05. The Morgan fingerprint density at radius 2 is 1.92 bits per heavy atom. The highest BCUT2D eigenvalue weighted by Crippen LogP contribution is 2.33. The van der Waals surface area contributed by atoms with E-state index < -0.39 is 29.9 Å². The van der Waals surface area contributed by atoms with Crippen molar-refractivity contribution >= 4 is 28.9 Å². The lowest BCUT2D eigenvalue weighted by Gasteiger charge is -2.27. The first kappa shape index (κ1) is 27.8. The van der Waals surface area contributed by atoms with E-state index in [0.717, 1.165) is 16.5 Å². The fraction of sp³-hybridized carbons (Fsp3) is 0.444. The second-order valence-electron chi connectivity index (χ2n) is 10.7. The Morgan fingerprint density at radius 1 is 1.21 bits per heavy atom. The van der Waals surface area contributed by atoms with Gasteiger partial charge < -0.3 is 29.1 Å². The zero-order valence-corrected chi connectivity index (χ0v) is 22.5. The molecular formula is C27H33N5O7. The third-order valence-electron chi connectivity index (χ3n) is 5.80. The molecule has 3 N–H and O–H groups in total. The summed E-state index contributed by atoms with van der Waals surface area (Å²) in [6, 6.07) is 10.6. The first-order valence-corrected chi connectivity index (χ1v) is 12.7. The molecule has 1 fully saturated rings. The standard InChI is InChI=1S/C27H33N5O7/c1-15(2)14-37-19-9-8-16-12-18(7-6-17(16)13-19)22-28-23(39-31-22)21-20(33)10-11-32(21)24(29-25(34)35)30-26(36)38-27(3,4)5/h6-9,12-13,15,20-21,33H,10-11,14H2,1-5H3,(H,34,35)(H,29,30,36)/t20-,21-/m0/s1. The maximum atomic E-state index is 12.4. The number of aliphatic imine (C=N–C) groups is 1. The van der Waals surface area contributed by atoms with Gasteiger partial charge in [0.1, 0.15) is 17.4 Å². The Hall–Kier alpha value is -4.19. The average molecular weight is 540 g/mol. The topological polar surface area (TPSA) is 160 Å². The van der Waals surface area contributed by atoms with Crippen LogP contribution in [0.3, 0.4) is 0 Å². The van der Waals surface area contributed by atoms with Crippen LogP contribution in [0.25, 0.3) is 22.2 Å². The predicted octanol–water partition coefficient (Wildman–Crippen LogP) is 4.59. The third kappa shape index (κ3) is 7.02. The Morgan fingerprint density at radius 3 is 2.62 bits per heavy atom. The zero-order chi connectivity index (χ0) is 28.3. The van der Waals surface area contributed by atoms with Crippen molar-refractivity contribution in [1.29, 1.82) is 0 Å². The van der Waals surface area contributed by atoms with Gasteiger partial charge in [-0.2, -0.15) is 4.98 Å². The zero-order valence-electron chi connectivity index (χ0n) is 22.5. The van der Waals surface area contributed by atoms with Crippen LogP contribution in [-0.2, 0) is 4.74 Å². The third-order valence-corrected chi connectivity index (χ3v) is 5.80. The van der Waals surface area contributed by atoms with Gasteiger partial charge >= 0.3 is 12.2 Å². The summed E-state index contributed by atoms with van der Waals surface area (Å²) < 4.78 is 16.5. The minimum absolute atomic E-state index is 0.0524. The molecule has 2 heterocycles. The number of aromatic nitrogens is 2. The molecule has 0 bridgehead atoms. The van der Waals surface area contributed by atoms with Gasteiger partial charge in [-0.25, -0.2) is 9.59 Å². The normalized spacial score (nSPS) is 18.0. The number of guanidine groups is 1. The SMILES string of the molecule is CC(C)COc1ccc2cc(-c3noc([C@@H]4[C@@H](O)CCN4/C(=N\C(=O)O)NC(=O)OC(C)(C)C)n3)ccc2c1. The molecule has 1 aliphatic rings. The number of rotatable bonds is 5. The molecule has 12 nitrogen and oxygen atoms in total. The molecule has 0 spiro atoms. The summed E-state index contributed by atoms with van der Waals surface area (Å²) in [5.41, 5.74) is -0.120. The maximum Gasteiger partial charge on any atom is 0.434 e. The first-order chi connectivity index (χ1) is 18.4. The van der Waals surface area contributed by atoms with Crippen LogP contribution in [0.2, 0.25) is 0 Å². The highest BCUT2D eigenvalue weighted by atomic mass is 16.6. The number of nitrogens with zero attached hydrogens (tertiary/aromatic N) is 4. The summed E-state index contributed by atoms with van der Waals surface area (Å²) >= 11 is 0. The molecule has 39 heavy (non-hydrogen) atoms. The predicted molar refractivity (Wildman–Crippen MR) is 142 cm³/mol. The molecule has 0 unspecified atom stereocenters. The van der Waals surface area contributed by atoms with Gasteiger partial charge in [0.05, 0.1) is 12.7 Å². The number of likely N-dealkylation sites (tertiary alicyclic amines) is 1. The summed E-state index contributed by atoms with van der Waals surface area (Å²) in [5, 5.41) is 28.4. The number of hydrogen-bond donors (Lipinski definition) is 3. The van der Waals surface area contributed by atoms with Crippen molar-refractivity contribution in [3.63, 3.8) is 0 Å². The number of carbonyl (C=O) groups excluding carboxylic acids is 1. The Balaban J connectivity index is 1.58. The number of aliphatic hydroxyl groups excluding tert-OH is 1. The molecule has 2 amide bonds. The van der Waals surface area contributed by atoms with Gasteiger partial charge in [0.25, 0.3) is 5.89 Å². The van der Waals surface area contributed by atoms with Crippen molar-refractivity contribution in [3.05, 3.63) is 42.3 Å². The summed E-state index contributed by atoms with van der Waals surface area (Å²) in [7, 11) is 0. The van der Waals surface area contributed by atoms with Gasteiger partial charge in [0.15, 0.2) is 0 Å². The highest BCUT2D eigenvalue weighted by molar-refractivity contribution is 5.98. The van der Waals surface area contributed by atoms with E-state index in [4.69, 9.17) is 14.0 Å². The van der Waals surface area contributed by atoms with E-state index in [1.165, 1.54) is 4.90 Å². The quantitative estimate of drug-likeness (QED) is 0.309. The number of ether oxygens (including phenoxy) is 2. The molecule has 4 rings (SSSR count). The van der Waals surface area contributed by atoms with Crippen LogP contribution in [0.5, 0.6) is 5.75 Å². The second-order valence-corrected chi connectivity index (χ2v) is 10.7. The lowest BCUT2D eigenvalue weighted by molar-refractivity contribution is 0.0549. The molecule has 12 heteroatoms. The van der Waals surface area contributed by atoms with Crippen molar-refractivity contribution < 1.29 is 33.8 Å². The number of fused-ring (bicyclic) bond motifs is 1. The number of benzene rings is 2. The van der Waals surface area contributed by atoms with E-state index in [2.05, 4.69) is 34.3 Å². The van der Waals surface area contributed by atoms with E-state index in [1.807, 2.05) is 36.4 Å². The monoisotopic (exact) mass is 539 g/mol. The number of alkyl carbamates (subject to hydrolysis) is 1. The molecular weight excluding hydrogens is 506 g/mol. The van der Waals surface area contributed by atoms with Gasteiger partial charge in [0.2, 0.25) is 11.8 Å². The number of amides is 2. The second kappa shape index (κ2) is 11.3. The van der Waals surface area contributed by atoms with Crippen molar-refractivity contribution in [3.8, 4) is 17.1 Å². The molecule has 2 atom stereocenters. The summed E-state index contributed by atoms with van der Waals surface area (Å²) in [6.07, 6.45) is -3.13. The van der Waals surface area contributed by atoms with Gasteiger partial charge in [0, 0.05) is 12.1 Å². The summed E-state index contributed by atoms with van der Waals surface area (Å²) in [4.78, 5) is 33.2. The van der Waals surface area contributed by atoms with Crippen LogP contribution >= 0.6 is 0 Å².